The lowest BCUT2D eigenvalue weighted by Gasteiger charge is -2.04. The fourth-order valence-corrected chi connectivity index (χ4v) is 2.45. The van der Waals surface area contributed by atoms with E-state index in [0.29, 0.717) is 18.1 Å². The maximum atomic E-state index is 11.7. The van der Waals surface area contributed by atoms with Crippen LogP contribution in [0.3, 0.4) is 0 Å². The summed E-state index contributed by atoms with van der Waals surface area (Å²) in [7, 11) is 0. The van der Waals surface area contributed by atoms with Crippen LogP contribution in [0.2, 0.25) is 0 Å². The van der Waals surface area contributed by atoms with Crippen molar-refractivity contribution < 1.29 is 4.79 Å². The fraction of sp³-hybridized carbons (Fsp3) is 0.143. The number of aromatic nitrogens is 4. The number of nitrogens with zero attached hydrogens (tertiary/aromatic N) is 3. The van der Waals surface area contributed by atoms with Crippen molar-refractivity contribution in [3.05, 3.63) is 48.3 Å². The van der Waals surface area contributed by atoms with Gasteiger partial charge in [0.2, 0.25) is 0 Å². The lowest BCUT2D eigenvalue weighted by atomic mass is 10.3. The molecular weight excluding hydrogens is 300 g/mol. The maximum absolute atomic E-state index is 11.7. The molecule has 0 aliphatic carbocycles. The van der Waals surface area contributed by atoms with Gasteiger partial charge in [-0.15, -0.1) is 0 Å². The van der Waals surface area contributed by atoms with Gasteiger partial charge in [0.15, 0.2) is 5.16 Å². The Hall–Kier alpha value is -2.61. The third-order valence-corrected chi connectivity index (χ3v) is 3.58. The number of fused-ring (bicyclic) bond motifs is 1. The van der Waals surface area contributed by atoms with E-state index in [0.717, 1.165) is 28.7 Å². The topological polar surface area (TPSA) is 95.6 Å². The highest BCUT2D eigenvalue weighted by Gasteiger charge is 2.05. The largest absolute Gasteiger partial charge is 0.337 e. The van der Waals surface area contributed by atoms with Crippen molar-refractivity contribution in [2.45, 2.75) is 11.6 Å². The molecule has 0 aliphatic rings. The summed E-state index contributed by atoms with van der Waals surface area (Å²) in [6, 6.07) is 11.1. The molecule has 2 aromatic heterocycles. The number of aromatic amines is 1. The second-order valence-electron chi connectivity index (χ2n) is 4.48. The van der Waals surface area contributed by atoms with Crippen molar-refractivity contribution in [1.29, 1.82) is 0 Å². The lowest BCUT2D eigenvalue weighted by molar-refractivity contribution is 0.246. The molecular formula is C14H14N6OS. The van der Waals surface area contributed by atoms with Gasteiger partial charge in [-0.3, -0.25) is 4.72 Å². The first-order chi connectivity index (χ1) is 10.8. The van der Waals surface area contributed by atoms with E-state index in [9.17, 15) is 4.79 Å². The number of amides is 2. The van der Waals surface area contributed by atoms with Crippen molar-refractivity contribution >= 4 is 29.0 Å². The van der Waals surface area contributed by atoms with E-state index >= 15 is 0 Å². The molecule has 7 nitrogen and oxygen atoms in total. The molecule has 0 unspecified atom stereocenters. The average Bonchev–Trinajstić information content (AvgIpc) is 2.97. The molecule has 0 spiro atoms. The van der Waals surface area contributed by atoms with Crippen molar-refractivity contribution in [1.82, 2.24) is 30.2 Å². The van der Waals surface area contributed by atoms with Gasteiger partial charge in [-0.25, -0.2) is 9.78 Å². The van der Waals surface area contributed by atoms with Gasteiger partial charge in [0, 0.05) is 31.1 Å². The smallest absolute Gasteiger partial charge is 0.325 e. The number of carbonyl (C=O) groups excluding carboxylic acids is 1. The first kappa shape index (κ1) is 14.3. The Morgan fingerprint density at radius 3 is 2.95 bits per heavy atom. The molecule has 0 bridgehead atoms. The molecule has 3 N–H and O–H groups in total. The third kappa shape index (κ3) is 3.73. The minimum Gasteiger partial charge on any atom is -0.337 e. The number of hydrogen-bond donors (Lipinski definition) is 3. The van der Waals surface area contributed by atoms with Crippen LogP contribution in [-0.4, -0.2) is 32.7 Å². The Bertz CT molecular complexity index is 727. The summed E-state index contributed by atoms with van der Waals surface area (Å²) in [4.78, 5) is 19.2. The Kier molecular flexibility index (Phi) is 4.50. The minimum absolute atomic E-state index is 0.269. The van der Waals surface area contributed by atoms with Crippen LogP contribution in [0.1, 0.15) is 5.69 Å². The van der Waals surface area contributed by atoms with Crippen molar-refractivity contribution in [3.63, 3.8) is 0 Å². The van der Waals surface area contributed by atoms with Crippen LogP contribution in [0.5, 0.6) is 0 Å². The number of nitrogens with one attached hydrogen (secondary N) is 3. The zero-order valence-corrected chi connectivity index (χ0v) is 12.4. The van der Waals surface area contributed by atoms with Gasteiger partial charge in [-0.2, -0.15) is 10.2 Å². The molecule has 22 heavy (non-hydrogen) atoms. The van der Waals surface area contributed by atoms with E-state index in [-0.39, 0.29) is 6.03 Å². The first-order valence-corrected chi connectivity index (χ1v) is 7.55. The fourth-order valence-electron chi connectivity index (χ4n) is 1.88. The van der Waals surface area contributed by atoms with Crippen LogP contribution in [0.4, 0.5) is 4.79 Å². The molecule has 3 aromatic rings. The number of imidazole rings is 1. The van der Waals surface area contributed by atoms with Crippen LogP contribution in [0, 0.1) is 0 Å². The molecule has 1 aromatic carbocycles. The summed E-state index contributed by atoms with van der Waals surface area (Å²) in [5.74, 6) is 0. The summed E-state index contributed by atoms with van der Waals surface area (Å²) in [6.45, 7) is 0.491. The molecule has 8 heteroatoms. The van der Waals surface area contributed by atoms with Crippen LogP contribution < -0.4 is 10.0 Å². The van der Waals surface area contributed by atoms with E-state index in [2.05, 4.69) is 30.2 Å². The van der Waals surface area contributed by atoms with Crippen LogP contribution in [0.25, 0.3) is 11.0 Å². The third-order valence-electron chi connectivity index (χ3n) is 2.90. The van der Waals surface area contributed by atoms with E-state index in [1.807, 2.05) is 36.4 Å². The quantitative estimate of drug-likeness (QED) is 0.625. The molecule has 3 rings (SSSR count). The number of H-pyrrole nitrogens is 1. The second-order valence-corrected chi connectivity index (χ2v) is 5.28. The average molecular weight is 314 g/mol. The molecule has 0 radical (unpaired) electrons. The van der Waals surface area contributed by atoms with Gasteiger partial charge in [-0.1, -0.05) is 12.1 Å². The van der Waals surface area contributed by atoms with Crippen molar-refractivity contribution in [2.75, 3.05) is 6.54 Å². The number of benzene rings is 1. The highest BCUT2D eigenvalue weighted by molar-refractivity contribution is 7.97. The molecule has 2 amide bonds. The van der Waals surface area contributed by atoms with Gasteiger partial charge >= 0.3 is 6.03 Å². The summed E-state index contributed by atoms with van der Waals surface area (Å²) in [6.07, 6.45) is 2.25. The van der Waals surface area contributed by atoms with Gasteiger partial charge in [0.1, 0.15) is 0 Å². The Balaban J connectivity index is 1.44. The summed E-state index contributed by atoms with van der Waals surface area (Å²) in [5, 5.41) is 11.1. The van der Waals surface area contributed by atoms with Crippen molar-refractivity contribution in [2.24, 2.45) is 0 Å². The summed E-state index contributed by atoms with van der Waals surface area (Å²) < 4.78 is 2.68. The minimum atomic E-state index is -0.269. The van der Waals surface area contributed by atoms with Gasteiger partial charge < -0.3 is 10.3 Å². The number of hydrogen-bond acceptors (Lipinski definition) is 5. The van der Waals surface area contributed by atoms with E-state index < -0.39 is 0 Å². The van der Waals surface area contributed by atoms with Crippen LogP contribution >= 0.6 is 11.9 Å². The van der Waals surface area contributed by atoms with Gasteiger partial charge in [0.05, 0.1) is 16.7 Å². The number of rotatable bonds is 5. The summed E-state index contributed by atoms with van der Waals surface area (Å²) in [5.41, 5.74) is 2.65. The summed E-state index contributed by atoms with van der Waals surface area (Å²) >= 11 is 1.14. The van der Waals surface area contributed by atoms with Gasteiger partial charge in [0.25, 0.3) is 0 Å². The molecule has 0 fully saturated rings. The standard InChI is InChI=1S/C14H14N6OS/c21-13(15-9-7-10-4-3-8-16-19-10)20-22-14-17-11-5-1-2-6-12(11)18-14/h1-6,8H,7,9H2,(H,17,18)(H2,15,20,21). The predicted molar refractivity (Wildman–Crippen MR) is 84.2 cm³/mol. The number of urea groups is 1. The Morgan fingerprint density at radius 1 is 1.23 bits per heavy atom. The first-order valence-electron chi connectivity index (χ1n) is 6.73. The van der Waals surface area contributed by atoms with E-state index in [1.165, 1.54) is 0 Å². The van der Waals surface area contributed by atoms with Crippen LogP contribution in [0.15, 0.2) is 47.8 Å². The zero-order chi connectivity index (χ0) is 15.2. The maximum Gasteiger partial charge on any atom is 0.325 e. The Labute approximate surface area is 131 Å². The molecule has 0 saturated heterocycles. The highest BCUT2D eigenvalue weighted by Crippen LogP contribution is 2.16. The molecule has 0 saturated carbocycles. The van der Waals surface area contributed by atoms with E-state index in [4.69, 9.17) is 0 Å². The van der Waals surface area contributed by atoms with Crippen molar-refractivity contribution in [3.8, 4) is 0 Å². The second kappa shape index (κ2) is 6.90. The van der Waals surface area contributed by atoms with Gasteiger partial charge in [-0.05, 0) is 24.3 Å². The normalized spacial score (nSPS) is 10.5. The number of para-hydroxylation sites is 2. The SMILES string of the molecule is O=C(NCCc1cccnn1)NSc1nc2ccccc2[nH]1. The monoisotopic (exact) mass is 314 g/mol. The predicted octanol–water partition coefficient (Wildman–Crippen LogP) is 1.90. The Morgan fingerprint density at radius 2 is 2.14 bits per heavy atom. The highest BCUT2D eigenvalue weighted by atomic mass is 32.2. The molecule has 112 valence electrons. The zero-order valence-electron chi connectivity index (χ0n) is 11.6. The number of carbonyl (C=O) groups is 1. The molecule has 0 aliphatic heterocycles. The van der Waals surface area contributed by atoms with Crippen LogP contribution in [-0.2, 0) is 6.42 Å². The molecule has 2 heterocycles. The van der Waals surface area contributed by atoms with E-state index in [1.54, 1.807) is 6.20 Å². The lowest BCUT2D eigenvalue weighted by Crippen LogP contribution is -2.33. The molecule has 0 atom stereocenters.